The molecule has 0 radical (unpaired) electrons. The fourth-order valence-electron chi connectivity index (χ4n) is 4.41. The van der Waals surface area contributed by atoms with Crippen LogP contribution in [0, 0.1) is 15.5 Å². The first kappa shape index (κ1) is 14.2. The van der Waals surface area contributed by atoms with Crippen LogP contribution in [0.3, 0.4) is 0 Å². The van der Waals surface area contributed by atoms with Crippen molar-refractivity contribution in [2.24, 2.45) is 5.41 Å². The summed E-state index contributed by atoms with van der Waals surface area (Å²) in [6.45, 7) is 2.11. The van der Waals surface area contributed by atoms with Crippen LogP contribution in [0.15, 0.2) is 30.3 Å². The molecule has 0 aliphatic heterocycles. The Bertz CT molecular complexity index is 844. The van der Waals surface area contributed by atoms with Crippen molar-refractivity contribution >= 4 is 16.6 Å². The van der Waals surface area contributed by atoms with Gasteiger partial charge >= 0.3 is 0 Å². The van der Waals surface area contributed by atoms with Gasteiger partial charge in [0.25, 0.3) is 5.09 Å². The number of fused-ring (bicyclic) bond motifs is 5. The SMILES string of the molecule is C[C@]12CCc3c(ccc4cc(O[N+](=O)[O-])ccc34)[C@@H]1CCC2=O. The van der Waals surface area contributed by atoms with Gasteiger partial charge in [-0.15, -0.1) is 10.1 Å². The molecule has 0 amide bonds. The molecule has 2 aromatic rings. The number of rotatable bonds is 2. The van der Waals surface area contributed by atoms with E-state index in [-0.39, 0.29) is 11.2 Å². The van der Waals surface area contributed by atoms with Crippen molar-refractivity contribution in [3.8, 4) is 5.75 Å². The van der Waals surface area contributed by atoms with Gasteiger partial charge in [-0.3, -0.25) is 9.63 Å². The third-order valence-corrected chi connectivity index (χ3v) is 5.65. The molecular weight excluding hydrogens is 294 g/mol. The maximum Gasteiger partial charge on any atom is 0.299 e. The van der Waals surface area contributed by atoms with E-state index in [0.29, 0.717) is 18.1 Å². The summed E-state index contributed by atoms with van der Waals surface area (Å²) in [7, 11) is 0. The molecular formula is C18H17NO4. The standard InChI is InChI=1S/C18H17NO4/c1-18-9-8-14-13-5-3-12(23-19(21)22)10-11(13)2-4-15(14)16(18)6-7-17(18)20/h2-5,10,16H,6-9H2,1H3/t16-,18-/m0/s1. The van der Waals surface area contributed by atoms with E-state index in [1.165, 1.54) is 11.1 Å². The van der Waals surface area contributed by atoms with Gasteiger partial charge in [-0.25, -0.2) is 0 Å². The Kier molecular flexibility index (Phi) is 2.95. The van der Waals surface area contributed by atoms with Gasteiger partial charge in [0.1, 0.15) is 11.5 Å². The zero-order chi connectivity index (χ0) is 16.2. The van der Waals surface area contributed by atoms with E-state index in [2.05, 4.69) is 17.8 Å². The molecule has 5 heteroatoms. The lowest BCUT2D eigenvalue weighted by molar-refractivity contribution is -0.711. The van der Waals surface area contributed by atoms with Crippen molar-refractivity contribution in [3.63, 3.8) is 0 Å². The van der Waals surface area contributed by atoms with Gasteiger partial charge in [-0.05, 0) is 59.2 Å². The first-order chi connectivity index (χ1) is 11.0. The highest BCUT2D eigenvalue weighted by Crippen LogP contribution is 2.54. The maximum absolute atomic E-state index is 12.3. The van der Waals surface area contributed by atoms with Crippen molar-refractivity contribution in [1.82, 2.24) is 0 Å². The highest BCUT2D eigenvalue weighted by atomic mass is 17.0. The van der Waals surface area contributed by atoms with Crippen LogP contribution in [0.4, 0.5) is 0 Å². The van der Waals surface area contributed by atoms with E-state index in [4.69, 9.17) is 0 Å². The Morgan fingerprint density at radius 3 is 2.87 bits per heavy atom. The van der Waals surface area contributed by atoms with Crippen molar-refractivity contribution in [2.45, 2.75) is 38.5 Å². The number of carbonyl (C=O) groups is 1. The van der Waals surface area contributed by atoms with Gasteiger partial charge in [0, 0.05) is 11.8 Å². The number of ketones is 1. The second kappa shape index (κ2) is 4.78. The van der Waals surface area contributed by atoms with E-state index in [0.717, 1.165) is 30.0 Å². The molecule has 0 bridgehead atoms. The summed E-state index contributed by atoms with van der Waals surface area (Å²) in [6.07, 6.45) is 3.36. The van der Waals surface area contributed by atoms with Crippen LogP contribution >= 0.6 is 0 Å². The molecule has 5 nitrogen and oxygen atoms in total. The lowest BCUT2D eigenvalue weighted by Gasteiger charge is -2.37. The van der Waals surface area contributed by atoms with Crippen LogP contribution in [0.25, 0.3) is 10.8 Å². The van der Waals surface area contributed by atoms with Gasteiger partial charge in [0.05, 0.1) is 0 Å². The molecule has 0 saturated heterocycles. The Morgan fingerprint density at radius 2 is 2.09 bits per heavy atom. The molecule has 118 valence electrons. The van der Waals surface area contributed by atoms with E-state index in [9.17, 15) is 14.9 Å². The van der Waals surface area contributed by atoms with Crippen LogP contribution in [0.1, 0.15) is 43.2 Å². The second-order valence-corrected chi connectivity index (χ2v) is 6.76. The Labute approximate surface area is 133 Å². The van der Waals surface area contributed by atoms with Crippen molar-refractivity contribution in [1.29, 1.82) is 0 Å². The smallest absolute Gasteiger partial charge is 0.299 e. The topological polar surface area (TPSA) is 69.4 Å². The molecule has 0 heterocycles. The van der Waals surface area contributed by atoms with E-state index in [1.807, 2.05) is 12.1 Å². The summed E-state index contributed by atoms with van der Waals surface area (Å²) in [6, 6.07) is 9.31. The molecule has 2 aliphatic carbocycles. The lowest BCUT2D eigenvalue weighted by Crippen LogP contribution is -2.32. The van der Waals surface area contributed by atoms with E-state index in [1.54, 1.807) is 12.1 Å². The lowest BCUT2D eigenvalue weighted by atomic mass is 9.66. The zero-order valence-corrected chi connectivity index (χ0v) is 12.9. The third kappa shape index (κ3) is 2.03. The van der Waals surface area contributed by atoms with Gasteiger partial charge in [-0.1, -0.05) is 25.1 Å². The molecule has 23 heavy (non-hydrogen) atoms. The van der Waals surface area contributed by atoms with Gasteiger partial charge in [-0.2, -0.15) is 0 Å². The molecule has 2 atom stereocenters. The van der Waals surface area contributed by atoms with Crippen molar-refractivity contribution in [3.05, 3.63) is 51.6 Å². The molecule has 0 spiro atoms. The minimum Gasteiger partial charge on any atom is -0.299 e. The number of nitrogens with zero attached hydrogens (tertiary/aromatic N) is 1. The molecule has 1 saturated carbocycles. The third-order valence-electron chi connectivity index (χ3n) is 5.65. The number of benzene rings is 2. The number of hydrogen-bond acceptors (Lipinski definition) is 4. The van der Waals surface area contributed by atoms with Crippen LogP contribution in [0.5, 0.6) is 5.75 Å². The summed E-state index contributed by atoms with van der Waals surface area (Å²) >= 11 is 0. The minimum absolute atomic E-state index is 0.213. The van der Waals surface area contributed by atoms with E-state index < -0.39 is 5.09 Å². The Morgan fingerprint density at radius 1 is 1.26 bits per heavy atom. The maximum atomic E-state index is 12.3. The predicted octanol–water partition coefficient (Wildman–Crippen LogP) is 3.81. The summed E-state index contributed by atoms with van der Waals surface area (Å²) in [5.74, 6) is 0.931. The summed E-state index contributed by atoms with van der Waals surface area (Å²) in [5, 5.41) is 11.7. The Hall–Kier alpha value is -2.43. The fourth-order valence-corrected chi connectivity index (χ4v) is 4.41. The first-order valence-corrected chi connectivity index (χ1v) is 7.90. The summed E-state index contributed by atoms with van der Waals surface area (Å²) in [4.78, 5) is 27.3. The number of Topliss-reactive ketones (excluding diaryl/α,β-unsaturated/α-hetero) is 1. The second-order valence-electron chi connectivity index (χ2n) is 6.76. The molecule has 0 unspecified atom stereocenters. The quantitative estimate of drug-likeness (QED) is 0.624. The van der Waals surface area contributed by atoms with Crippen LogP contribution in [-0.2, 0) is 11.2 Å². The largest absolute Gasteiger partial charge is 0.299 e. The highest BCUT2D eigenvalue weighted by molar-refractivity contribution is 5.92. The predicted molar refractivity (Wildman–Crippen MR) is 85.0 cm³/mol. The molecule has 2 aromatic carbocycles. The molecule has 4 rings (SSSR count). The first-order valence-electron chi connectivity index (χ1n) is 7.90. The average molecular weight is 311 g/mol. The van der Waals surface area contributed by atoms with Gasteiger partial charge < -0.3 is 0 Å². The highest BCUT2D eigenvalue weighted by Gasteiger charge is 2.49. The summed E-state index contributed by atoms with van der Waals surface area (Å²) in [5.41, 5.74) is 2.35. The van der Waals surface area contributed by atoms with E-state index >= 15 is 0 Å². The number of aryl methyl sites for hydroxylation is 1. The average Bonchev–Trinajstić information content (AvgIpc) is 2.82. The number of carbonyl (C=O) groups excluding carboxylic acids is 1. The Balaban J connectivity index is 1.83. The zero-order valence-electron chi connectivity index (χ0n) is 12.9. The normalized spacial score (nSPS) is 26.0. The van der Waals surface area contributed by atoms with Crippen LogP contribution in [-0.4, -0.2) is 10.9 Å². The molecule has 2 aliphatic rings. The molecule has 0 aromatic heterocycles. The van der Waals surface area contributed by atoms with Crippen molar-refractivity contribution in [2.75, 3.05) is 0 Å². The molecule has 1 fully saturated rings. The molecule has 0 N–H and O–H groups in total. The number of hydrogen-bond donors (Lipinski definition) is 0. The van der Waals surface area contributed by atoms with Gasteiger partial charge in [0.15, 0.2) is 0 Å². The summed E-state index contributed by atoms with van der Waals surface area (Å²) < 4.78 is 0. The van der Waals surface area contributed by atoms with Crippen LogP contribution in [0.2, 0.25) is 0 Å². The van der Waals surface area contributed by atoms with Crippen LogP contribution < -0.4 is 4.84 Å². The monoisotopic (exact) mass is 311 g/mol. The van der Waals surface area contributed by atoms with Gasteiger partial charge in [0.2, 0.25) is 0 Å². The minimum atomic E-state index is -0.796. The fraction of sp³-hybridized carbons (Fsp3) is 0.389. The van der Waals surface area contributed by atoms with Crippen molar-refractivity contribution < 1.29 is 14.7 Å².